The fourth-order valence-corrected chi connectivity index (χ4v) is 2.55. The molecule has 3 nitrogen and oxygen atoms in total. The van der Waals surface area contributed by atoms with Crippen molar-refractivity contribution in [3.8, 4) is 11.1 Å². The van der Waals surface area contributed by atoms with E-state index in [1.165, 1.54) is 12.1 Å². The van der Waals surface area contributed by atoms with Crippen LogP contribution in [0.25, 0.3) is 11.1 Å². The maximum atomic E-state index is 13.7. The number of pyridine rings is 1. The van der Waals surface area contributed by atoms with Gasteiger partial charge in [-0.15, -0.1) is 0 Å². The molecule has 0 aliphatic heterocycles. The van der Waals surface area contributed by atoms with Crippen LogP contribution in [0.3, 0.4) is 0 Å². The van der Waals surface area contributed by atoms with Crippen molar-refractivity contribution in [1.82, 2.24) is 4.98 Å². The van der Waals surface area contributed by atoms with E-state index in [1.807, 2.05) is 36.4 Å². The molecule has 0 saturated carbocycles. The lowest BCUT2D eigenvalue weighted by molar-refractivity contribution is -0.115. The van der Waals surface area contributed by atoms with Gasteiger partial charge in [0.05, 0.1) is 6.42 Å². The minimum Gasteiger partial charge on any atom is -0.310 e. The molecule has 2 aromatic carbocycles. The molecular weight excluding hydrogens is 327 g/mol. The van der Waals surface area contributed by atoms with Gasteiger partial charge in [-0.2, -0.15) is 0 Å². The number of carbonyl (C=O) groups is 1. The average Bonchev–Trinajstić information content (AvgIpc) is 2.60. The first kappa shape index (κ1) is 16.1. The third kappa shape index (κ3) is 3.78. The van der Waals surface area contributed by atoms with Crippen molar-refractivity contribution in [1.29, 1.82) is 0 Å². The third-order valence-corrected chi connectivity index (χ3v) is 3.89. The van der Waals surface area contributed by atoms with Crippen LogP contribution in [0.5, 0.6) is 0 Å². The van der Waals surface area contributed by atoms with E-state index in [9.17, 15) is 9.18 Å². The van der Waals surface area contributed by atoms with Crippen LogP contribution < -0.4 is 5.32 Å². The number of anilines is 1. The van der Waals surface area contributed by atoms with Gasteiger partial charge in [0.15, 0.2) is 0 Å². The van der Waals surface area contributed by atoms with E-state index in [-0.39, 0.29) is 22.9 Å². The van der Waals surface area contributed by atoms with Gasteiger partial charge < -0.3 is 5.32 Å². The van der Waals surface area contributed by atoms with Gasteiger partial charge in [0.2, 0.25) is 5.91 Å². The Labute approximate surface area is 144 Å². The summed E-state index contributed by atoms with van der Waals surface area (Å²) in [7, 11) is 0. The topological polar surface area (TPSA) is 42.0 Å². The van der Waals surface area contributed by atoms with Gasteiger partial charge in [0.1, 0.15) is 11.6 Å². The molecule has 0 fully saturated rings. The standard InChI is InChI=1S/C19H14ClFN2O/c20-16-7-4-8-17(21)15(16)11-19(24)23-18-10-9-14(12-22-18)13-5-2-1-3-6-13/h1-10,12H,11H2,(H,22,23,24). The molecule has 0 unspecified atom stereocenters. The monoisotopic (exact) mass is 340 g/mol. The lowest BCUT2D eigenvalue weighted by Crippen LogP contribution is -2.16. The van der Waals surface area contributed by atoms with Crippen molar-refractivity contribution in [2.24, 2.45) is 0 Å². The van der Waals surface area contributed by atoms with Crippen LogP contribution >= 0.6 is 11.6 Å². The minimum absolute atomic E-state index is 0.145. The van der Waals surface area contributed by atoms with E-state index < -0.39 is 5.82 Å². The Hall–Kier alpha value is -2.72. The summed E-state index contributed by atoms with van der Waals surface area (Å²) in [6.45, 7) is 0. The largest absolute Gasteiger partial charge is 0.310 e. The molecule has 1 aromatic heterocycles. The van der Waals surface area contributed by atoms with E-state index in [1.54, 1.807) is 18.3 Å². The van der Waals surface area contributed by atoms with Gasteiger partial charge in [-0.3, -0.25) is 4.79 Å². The van der Waals surface area contributed by atoms with Gasteiger partial charge in [0.25, 0.3) is 0 Å². The van der Waals surface area contributed by atoms with Gasteiger partial charge in [-0.05, 0) is 29.8 Å². The summed E-state index contributed by atoms with van der Waals surface area (Å²) in [5.41, 5.74) is 2.17. The highest BCUT2D eigenvalue weighted by Crippen LogP contribution is 2.21. The normalized spacial score (nSPS) is 10.4. The molecule has 0 aliphatic carbocycles. The molecule has 24 heavy (non-hydrogen) atoms. The second kappa shape index (κ2) is 7.23. The molecule has 0 aliphatic rings. The molecule has 1 N–H and O–H groups in total. The van der Waals surface area contributed by atoms with Crippen LogP contribution in [0.1, 0.15) is 5.56 Å². The van der Waals surface area contributed by atoms with Crippen molar-refractivity contribution in [2.45, 2.75) is 6.42 Å². The lowest BCUT2D eigenvalue weighted by Gasteiger charge is -2.08. The second-order valence-electron chi connectivity index (χ2n) is 5.22. The van der Waals surface area contributed by atoms with Gasteiger partial charge in [0, 0.05) is 22.3 Å². The zero-order valence-electron chi connectivity index (χ0n) is 12.7. The van der Waals surface area contributed by atoms with Gasteiger partial charge in [-0.1, -0.05) is 48.0 Å². The van der Waals surface area contributed by atoms with E-state index in [2.05, 4.69) is 10.3 Å². The highest BCUT2D eigenvalue weighted by molar-refractivity contribution is 6.31. The predicted octanol–water partition coefficient (Wildman–Crippen LogP) is 4.72. The van der Waals surface area contributed by atoms with Crippen LogP contribution in [0.4, 0.5) is 10.2 Å². The van der Waals surface area contributed by atoms with Crippen molar-refractivity contribution in [3.05, 3.63) is 83.3 Å². The molecular formula is C19H14ClFN2O. The Morgan fingerprint density at radius 3 is 2.46 bits per heavy atom. The first-order chi connectivity index (χ1) is 11.6. The van der Waals surface area contributed by atoms with E-state index in [0.29, 0.717) is 5.82 Å². The highest BCUT2D eigenvalue weighted by atomic mass is 35.5. The van der Waals surface area contributed by atoms with Crippen LogP contribution in [0, 0.1) is 5.82 Å². The highest BCUT2D eigenvalue weighted by Gasteiger charge is 2.12. The number of aromatic nitrogens is 1. The number of rotatable bonds is 4. The maximum absolute atomic E-state index is 13.7. The Morgan fingerprint density at radius 2 is 1.79 bits per heavy atom. The van der Waals surface area contributed by atoms with Crippen LogP contribution in [-0.4, -0.2) is 10.9 Å². The Balaban J connectivity index is 1.69. The van der Waals surface area contributed by atoms with E-state index >= 15 is 0 Å². The van der Waals surface area contributed by atoms with Crippen molar-refractivity contribution >= 4 is 23.3 Å². The van der Waals surface area contributed by atoms with Crippen LogP contribution in [0.2, 0.25) is 5.02 Å². The summed E-state index contributed by atoms with van der Waals surface area (Å²) >= 11 is 5.93. The number of amides is 1. The molecule has 5 heteroatoms. The Morgan fingerprint density at radius 1 is 1.00 bits per heavy atom. The number of hydrogen-bond donors (Lipinski definition) is 1. The SMILES string of the molecule is O=C(Cc1c(F)cccc1Cl)Nc1ccc(-c2ccccc2)cn1. The first-order valence-corrected chi connectivity index (χ1v) is 7.75. The summed E-state index contributed by atoms with van der Waals surface area (Å²) in [4.78, 5) is 16.3. The van der Waals surface area contributed by atoms with Crippen LogP contribution in [0.15, 0.2) is 66.9 Å². The Bertz CT molecular complexity index is 831. The van der Waals surface area contributed by atoms with E-state index in [4.69, 9.17) is 11.6 Å². The predicted molar refractivity (Wildman–Crippen MR) is 93.4 cm³/mol. The summed E-state index contributed by atoms with van der Waals surface area (Å²) in [5.74, 6) is -0.459. The van der Waals surface area contributed by atoms with E-state index in [0.717, 1.165) is 11.1 Å². The fourth-order valence-electron chi connectivity index (χ4n) is 2.32. The number of carbonyl (C=O) groups excluding carboxylic acids is 1. The molecule has 0 atom stereocenters. The minimum atomic E-state index is -0.495. The van der Waals surface area contributed by atoms with Crippen LogP contribution in [-0.2, 0) is 11.2 Å². The number of halogens is 2. The number of hydrogen-bond acceptors (Lipinski definition) is 2. The van der Waals surface area contributed by atoms with Crippen molar-refractivity contribution in [2.75, 3.05) is 5.32 Å². The first-order valence-electron chi connectivity index (χ1n) is 7.38. The van der Waals surface area contributed by atoms with Crippen molar-refractivity contribution in [3.63, 3.8) is 0 Å². The average molecular weight is 341 g/mol. The molecule has 120 valence electrons. The fraction of sp³-hybridized carbons (Fsp3) is 0.0526. The van der Waals surface area contributed by atoms with Gasteiger partial charge in [-0.25, -0.2) is 9.37 Å². The summed E-state index contributed by atoms with van der Waals surface area (Å²) < 4.78 is 13.7. The number of nitrogens with one attached hydrogen (secondary N) is 1. The zero-order valence-corrected chi connectivity index (χ0v) is 13.4. The summed E-state index contributed by atoms with van der Waals surface area (Å²) in [5, 5.41) is 2.88. The molecule has 3 rings (SSSR count). The smallest absolute Gasteiger partial charge is 0.230 e. The molecule has 1 heterocycles. The molecule has 0 radical (unpaired) electrons. The second-order valence-corrected chi connectivity index (χ2v) is 5.63. The molecule has 0 saturated heterocycles. The Kier molecular flexibility index (Phi) is 4.87. The summed E-state index contributed by atoms with van der Waals surface area (Å²) in [6.07, 6.45) is 1.54. The molecule has 0 bridgehead atoms. The molecule has 3 aromatic rings. The van der Waals surface area contributed by atoms with Gasteiger partial charge >= 0.3 is 0 Å². The maximum Gasteiger partial charge on any atom is 0.230 e. The zero-order chi connectivity index (χ0) is 16.9. The van der Waals surface area contributed by atoms with Crippen molar-refractivity contribution < 1.29 is 9.18 Å². The molecule has 0 spiro atoms. The quantitative estimate of drug-likeness (QED) is 0.746. The lowest BCUT2D eigenvalue weighted by atomic mass is 10.1. The summed E-state index contributed by atoms with van der Waals surface area (Å²) in [6, 6.07) is 17.7. The number of benzene rings is 2. The molecule has 1 amide bonds. The third-order valence-electron chi connectivity index (χ3n) is 3.54. The number of nitrogens with zero attached hydrogens (tertiary/aromatic N) is 1.